The van der Waals surface area contributed by atoms with Gasteiger partial charge in [-0.2, -0.15) is 0 Å². The fourth-order valence-corrected chi connectivity index (χ4v) is 3.05. The normalized spacial score (nSPS) is 14.9. The van der Waals surface area contributed by atoms with E-state index in [0.717, 1.165) is 6.54 Å². The van der Waals surface area contributed by atoms with Crippen LogP contribution in [0.3, 0.4) is 0 Å². The lowest BCUT2D eigenvalue weighted by atomic mass is 10.1. The Morgan fingerprint density at radius 3 is 1.71 bits per heavy atom. The van der Waals surface area contributed by atoms with E-state index in [-0.39, 0.29) is 6.10 Å². The van der Waals surface area contributed by atoms with E-state index in [0.29, 0.717) is 6.17 Å². The van der Waals surface area contributed by atoms with Crippen LogP contribution in [0.15, 0.2) is 0 Å². The second-order valence-corrected chi connectivity index (χ2v) is 6.85. The Balaban J connectivity index is 3.65. The fourth-order valence-electron chi connectivity index (χ4n) is 3.05. The van der Waals surface area contributed by atoms with Crippen molar-refractivity contribution in [3.8, 4) is 0 Å². The molecule has 0 saturated heterocycles. The summed E-state index contributed by atoms with van der Waals surface area (Å²) in [6.07, 6.45) is 13.8. The van der Waals surface area contributed by atoms with Gasteiger partial charge in [-0.25, -0.2) is 0 Å². The molecule has 0 aromatic carbocycles. The molecule has 3 heteroatoms. The molecule has 0 radical (unpaired) electrons. The van der Waals surface area contributed by atoms with Gasteiger partial charge in [-0.1, -0.05) is 64.7 Å². The largest absolute Gasteiger partial charge is 0.392 e. The number of likely N-dealkylation sites (N-methyl/N-ethyl adjacent to an activating group) is 1. The van der Waals surface area contributed by atoms with E-state index in [9.17, 15) is 5.11 Å². The molecule has 0 aliphatic heterocycles. The van der Waals surface area contributed by atoms with Crippen molar-refractivity contribution < 1.29 is 5.11 Å². The van der Waals surface area contributed by atoms with Gasteiger partial charge in [0.2, 0.25) is 0 Å². The summed E-state index contributed by atoms with van der Waals surface area (Å²) in [5.74, 6) is 0. The first-order chi connectivity index (χ1) is 9.99. The first-order valence-electron chi connectivity index (χ1n) is 9.03. The molecule has 0 amide bonds. The van der Waals surface area contributed by atoms with Crippen LogP contribution in [-0.4, -0.2) is 54.9 Å². The summed E-state index contributed by atoms with van der Waals surface area (Å²) in [4.78, 5) is 4.54. The van der Waals surface area contributed by atoms with Crippen LogP contribution in [0.5, 0.6) is 0 Å². The molecule has 3 nitrogen and oxygen atoms in total. The summed E-state index contributed by atoms with van der Waals surface area (Å²) in [5.41, 5.74) is 0. The topological polar surface area (TPSA) is 26.7 Å². The molecule has 0 aromatic rings. The van der Waals surface area contributed by atoms with E-state index in [2.05, 4.69) is 37.9 Å². The lowest BCUT2D eigenvalue weighted by Crippen LogP contribution is -2.45. The zero-order valence-corrected chi connectivity index (χ0v) is 15.3. The van der Waals surface area contributed by atoms with Gasteiger partial charge >= 0.3 is 0 Å². The van der Waals surface area contributed by atoms with Crippen LogP contribution in [0, 0.1) is 0 Å². The molecule has 0 aromatic heterocycles. The molecule has 1 N–H and O–H groups in total. The highest BCUT2D eigenvalue weighted by Gasteiger charge is 2.17. The van der Waals surface area contributed by atoms with E-state index in [1.54, 1.807) is 0 Å². The van der Waals surface area contributed by atoms with Crippen LogP contribution in [0.4, 0.5) is 0 Å². The van der Waals surface area contributed by atoms with Crippen molar-refractivity contribution in [1.82, 2.24) is 9.80 Å². The summed E-state index contributed by atoms with van der Waals surface area (Å²) in [5, 5.41) is 9.52. The van der Waals surface area contributed by atoms with Crippen molar-refractivity contribution in [2.75, 3.05) is 27.7 Å². The van der Waals surface area contributed by atoms with Crippen LogP contribution in [-0.2, 0) is 0 Å². The molecule has 0 rings (SSSR count). The molecule has 0 aliphatic rings. The number of unbranched alkanes of at least 4 members (excludes halogenated alkanes) is 8. The number of rotatable bonds is 14. The summed E-state index contributed by atoms with van der Waals surface area (Å²) in [6.45, 7) is 4.89. The Labute approximate surface area is 133 Å². The van der Waals surface area contributed by atoms with Crippen molar-refractivity contribution in [2.24, 2.45) is 0 Å². The zero-order valence-electron chi connectivity index (χ0n) is 15.3. The van der Waals surface area contributed by atoms with Crippen LogP contribution >= 0.6 is 0 Å². The minimum absolute atomic E-state index is 0.249. The van der Waals surface area contributed by atoms with Crippen molar-refractivity contribution >= 4 is 0 Å². The highest BCUT2D eigenvalue weighted by Crippen LogP contribution is 2.14. The highest BCUT2D eigenvalue weighted by atomic mass is 16.3. The van der Waals surface area contributed by atoms with Gasteiger partial charge in [0.25, 0.3) is 0 Å². The quantitative estimate of drug-likeness (QED) is 0.386. The van der Waals surface area contributed by atoms with Crippen molar-refractivity contribution in [2.45, 2.75) is 90.3 Å². The number of aliphatic hydroxyl groups excluding tert-OH is 1. The highest BCUT2D eigenvalue weighted by molar-refractivity contribution is 4.68. The lowest BCUT2D eigenvalue weighted by molar-refractivity contribution is 0.0511. The summed E-state index contributed by atoms with van der Waals surface area (Å²) in [7, 11) is 6.39. The molecule has 21 heavy (non-hydrogen) atoms. The van der Waals surface area contributed by atoms with E-state index in [1.807, 2.05) is 6.92 Å². The Bertz CT molecular complexity index is 219. The molecule has 0 bridgehead atoms. The maximum absolute atomic E-state index is 9.52. The monoisotopic (exact) mass is 300 g/mol. The van der Waals surface area contributed by atoms with Gasteiger partial charge < -0.3 is 5.11 Å². The molecule has 2 atom stereocenters. The SMILES string of the molecule is CCCCCCCCCCCC(N(C)C)N(C)CC(C)O. The van der Waals surface area contributed by atoms with E-state index in [1.165, 1.54) is 64.2 Å². The van der Waals surface area contributed by atoms with Gasteiger partial charge in [0.1, 0.15) is 0 Å². The summed E-state index contributed by atoms with van der Waals surface area (Å²) < 4.78 is 0. The van der Waals surface area contributed by atoms with Crippen LogP contribution in [0.2, 0.25) is 0 Å². The Morgan fingerprint density at radius 1 is 0.810 bits per heavy atom. The molecular weight excluding hydrogens is 260 g/mol. The van der Waals surface area contributed by atoms with Gasteiger partial charge in [-0.15, -0.1) is 0 Å². The molecule has 2 unspecified atom stereocenters. The number of hydrogen-bond donors (Lipinski definition) is 1. The van der Waals surface area contributed by atoms with Gasteiger partial charge in [-0.3, -0.25) is 9.80 Å². The third kappa shape index (κ3) is 12.1. The first-order valence-corrected chi connectivity index (χ1v) is 9.03. The molecule has 0 saturated carbocycles. The van der Waals surface area contributed by atoms with Crippen LogP contribution < -0.4 is 0 Å². The minimum Gasteiger partial charge on any atom is -0.392 e. The predicted octanol–water partition coefficient (Wildman–Crippen LogP) is 4.11. The second-order valence-electron chi connectivity index (χ2n) is 6.85. The maximum Gasteiger partial charge on any atom is 0.0639 e. The second kappa shape index (κ2) is 13.5. The van der Waals surface area contributed by atoms with Crippen molar-refractivity contribution in [3.63, 3.8) is 0 Å². The zero-order chi connectivity index (χ0) is 16.1. The molecule has 128 valence electrons. The van der Waals surface area contributed by atoms with Gasteiger partial charge in [0, 0.05) is 6.54 Å². The average Bonchev–Trinajstić information content (AvgIpc) is 2.39. The average molecular weight is 301 g/mol. The Morgan fingerprint density at radius 2 is 1.29 bits per heavy atom. The van der Waals surface area contributed by atoms with Gasteiger partial charge in [0.15, 0.2) is 0 Å². The minimum atomic E-state index is -0.249. The lowest BCUT2D eigenvalue weighted by Gasteiger charge is -2.34. The molecule has 0 aliphatic carbocycles. The van der Waals surface area contributed by atoms with Crippen molar-refractivity contribution in [3.05, 3.63) is 0 Å². The molecule has 0 fully saturated rings. The molecule has 0 heterocycles. The van der Waals surface area contributed by atoms with Crippen LogP contribution in [0.25, 0.3) is 0 Å². The first kappa shape index (κ1) is 20.9. The Kier molecular flexibility index (Phi) is 13.5. The van der Waals surface area contributed by atoms with Crippen molar-refractivity contribution in [1.29, 1.82) is 0 Å². The smallest absolute Gasteiger partial charge is 0.0639 e. The standard InChI is InChI=1S/C18H40N2O/c1-6-7-8-9-10-11-12-13-14-15-18(19(3)4)20(5)16-17(2)21/h17-18,21H,6-16H2,1-5H3. The van der Waals surface area contributed by atoms with E-state index in [4.69, 9.17) is 0 Å². The molecule has 0 spiro atoms. The predicted molar refractivity (Wildman–Crippen MR) is 93.6 cm³/mol. The van der Waals surface area contributed by atoms with E-state index >= 15 is 0 Å². The van der Waals surface area contributed by atoms with Crippen LogP contribution in [0.1, 0.15) is 78.1 Å². The fraction of sp³-hybridized carbons (Fsp3) is 1.00. The summed E-state index contributed by atoms with van der Waals surface area (Å²) >= 11 is 0. The number of nitrogens with zero attached hydrogens (tertiary/aromatic N) is 2. The number of hydrogen-bond acceptors (Lipinski definition) is 3. The molecular formula is C18H40N2O. The van der Waals surface area contributed by atoms with E-state index < -0.39 is 0 Å². The van der Waals surface area contributed by atoms with Gasteiger partial charge in [0.05, 0.1) is 12.3 Å². The maximum atomic E-state index is 9.52. The Hall–Kier alpha value is -0.120. The summed E-state index contributed by atoms with van der Waals surface area (Å²) in [6, 6.07) is 0. The third-order valence-corrected chi connectivity index (χ3v) is 4.22. The third-order valence-electron chi connectivity index (χ3n) is 4.22. The number of aliphatic hydroxyl groups is 1. The van der Waals surface area contributed by atoms with Gasteiger partial charge in [-0.05, 0) is 34.5 Å².